The highest BCUT2D eigenvalue weighted by Crippen LogP contribution is 2.15. The van der Waals surface area contributed by atoms with Crippen LogP contribution in [0, 0.1) is 0 Å². The van der Waals surface area contributed by atoms with Crippen molar-refractivity contribution in [2.45, 2.75) is 65.1 Å². The van der Waals surface area contributed by atoms with Crippen molar-refractivity contribution in [1.29, 1.82) is 0 Å². The van der Waals surface area contributed by atoms with Gasteiger partial charge in [0.15, 0.2) is 0 Å². The first kappa shape index (κ1) is 16.6. The third-order valence-corrected chi connectivity index (χ3v) is 2.83. The molecule has 0 radical (unpaired) electrons. The molecule has 0 saturated carbocycles. The molecule has 0 aromatic heterocycles. The van der Waals surface area contributed by atoms with Crippen LogP contribution in [-0.4, -0.2) is 47.8 Å². The van der Waals surface area contributed by atoms with Gasteiger partial charge in [0.1, 0.15) is 5.60 Å². The van der Waals surface area contributed by atoms with E-state index in [-0.39, 0.29) is 24.2 Å². The molecule has 116 valence electrons. The summed E-state index contributed by atoms with van der Waals surface area (Å²) >= 11 is 0. The number of carbonyl (C=O) groups excluding carboxylic acids is 2. The van der Waals surface area contributed by atoms with Gasteiger partial charge in [0.25, 0.3) is 0 Å². The molecule has 1 atom stereocenters. The SMILES string of the molecule is CC(C)NC(=O)N[C@H]1CCCN(C(=O)OC(C)(C)C)C1. The number of ether oxygens (including phenoxy) is 1. The number of nitrogens with one attached hydrogen (secondary N) is 2. The van der Waals surface area contributed by atoms with Crippen LogP contribution in [0.3, 0.4) is 0 Å². The van der Waals surface area contributed by atoms with Crippen LogP contribution in [0.2, 0.25) is 0 Å². The Labute approximate surface area is 121 Å². The number of carbonyl (C=O) groups is 2. The van der Waals surface area contributed by atoms with E-state index in [2.05, 4.69) is 10.6 Å². The van der Waals surface area contributed by atoms with Gasteiger partial charge in [-0.3, -0.25) is 0 Å². The topological polar surface area (TPSA) is 70.7 Å². The second-order valence-electron chi connectivity index (χ2n) is 6.54. The van der Waals surface area contributed by atoms with Gasteiger partial charge in [0.2, 0.25) is 0 Å². The lowest BCUT2D eigenvalue weighted by atomic mass is 10.1. The first-order chi connectivity index (χ1) is 9.17. The van der Waals surface area contributed by atoms with Gasteiger partial charge in [-0.25, -0.2) is 9.59 Å². The van der Waals surface area contributed by atoms with Crippen LogP contribution >= 0.6 is 0 Å². The van der Waals surface area contributed by atoms with Gasteiger partial charge in [-0.05, 0) is 47.5 Å². The number of rotatable bonds is 2. The Kier molecular flexibility index (Phi) is 5.65. The van der Waals surface area contributed by atoms with E-state index >= 15 is 0 Å². The summed E-state index contributed by atoms with van der Waals surface area (Å²) in [6.45, 7) is 10.5. The van der Waals surface area contributed by atoms with E-state index in [1.165, 1.54) is 0 Å². The molecule has 0 unspecified atom stereocenters. The molecule has 20 heavy (non-hydrogen) atoms. The zero-order valence-electron chi connectivity index (χ0n) is 13.2. The van der Waals surface area contributed by atoms with Gasteiger partial charge >= 0.3 is 12.1 Å². The van der Waals surface area contributed by atoms with Gasteiger partial charge in [0.05, 0.1) is 0 Å². The number of amides is 3. The van der Waals surface area contributed by atoms with E-state index in [0.717, 1.165) is 12.8 Å². The lowest BCUT2D eigenvalue weighted by molar-refractivity contribution is 0.0190. The standard InChI is InChI=1S/C14H27N3O3/c1-10(2)15-12(18)16-11-7-6-8-17(9-11)13(19)20-14(3,4)5/h10-11H,6-9H2,1-5H3,(H2,15,16,18)/t11-/m0/s1. The predicted molar refractivity (Wildman–Crippen MR) is 77.6 cm³/mol. The van der Waals surface area contributed by atoms with Crippen molar-refractivity contribution in [3.05, 3.63) is 0 Å². The average molecular weight is 285 g/mol. The number of hydrogen-bond acceptors (Lipinski definition) is 3. The maximum atomic E-state index is 12.0. The normalized spacial score (nSPS) is 19.7. The van der Waals surface area contributed by atoms with Crippen molar-refractivity contribution in [3.63, 3.8) is 0 Å². The Bertz CT molecular complexity index is 350. The van der Waals surface area contributed by atoms with Crippen LogP contribution in [-0.2, 0) is 4.74 Å². The fourth-order valence-corrected chi connectivity index (χ4v) is 2.08. The van der Waals surface area contributed by atoms with Crippen LogP contribution in [0.25, 0.3) is 0 Å². The molecule has 0 aromatic carbocycles. The first-order valence-corrected chi connectivity index (χ1v) is 7.22. The molecular formula is C14H27N3O3. The Morgan fingerprint density at radius 1 is 1.30 bits per heavy atom. The predicted octanol–water partition coefficient (Wildman–Crippen LogP) is 2.09. The summed E-state index contributed by atoms with van der Waals surface area (Å²) in [6.07, 6.45) is 1.43. The monoisotopic (exact) mass is 285 g/mol. The van der Waals surface area contributed by atoms with Crippen LogP contribution < -0.4 is 10.6 Å². The highest BCUT2D eigenvalue weighted by molar-refractivity contribution is 5.74. The van der Waals surface area contributed by atoms with Gasteiger partial charge < -0.3 is 20.3 Å². The number of urea groups is 1. The zero-order valence-corrected chi connectivity index (χ0v) is 13.2. The van der Waals surface area contributed by atoms with Gasteiger partial charge in [-0.15, -0.1) is 0 Å². The minimum Gasteiger partial charge on any atom is -0.444 e. The molecule has 0 aromatic rings. The summed E-state index contributed by atoms with van der Waals surface area (Å²) in [7, 11) is 0. The summed E-state index contributed by atoms with van der Waals surface area (Å²) in [5.41, 5.74) is -0.494. The third-order valence-electron chi connectivity index (χ3n) is 2.83. The van der Waals surface area contributed by atoms with E-state index in [4.69, 9.17) is 4.74 Å². The molecule has 3 amide bonds. The van der Waals surface area contributed by atoms with Crippen LogP contribution in [0.4, 0.5) is 9.59 Å². The molecule has 1 aliphatic rings. The Hall–Kier alpha value is -1.46. The highest BCUT2D eigenvalue weighted by atomic mass is 16.6. The van der Waals surface area contributed by atoms with E-state index in [9.17, 15) is 9.59 Å². The molecular weight excluding hydrogens is 258 g/mol. The van der Waals surface area contributed by atoms with Gasteiger partial charge in [0, 0.05) is 25.2 Å². The number of likely N-dealkylation sites (tertiary alicyclic amines) is 1. The Morgan fingerprint density at radius 2 is 1.95 bits per heavy atom. The minimum absolute atomic E-state index is 0.0185. The second kappa shape index (κ2) is 6.81. The van der Waals surface area contributed by atoms with Crippen LogP contribution in [0.15, 0.2) is 0 Å². The maximum absolute atomic E-state index is 12.0. The highest BCUT2D eigenvalue weighted by Gasteiger charge is 2.28. The number of hydrogen-bond donors (Lipinski definition) is 2. The molecule has 0 aliphatic carbocycles. The quantitative estimate of drug-likeness (QED) is 0.816. The smallest absolute Gasteiger partial charge is 0.410 e. The number of nitrogens with zero attached hydrogens (tertiary/aromatic N) is 1. The third kappa shape index (κ3) is 6.12. The minimum atomic E-state index is -0.494. The average Bonchev–Trinajstić information content (AvgIpc) is 2.25. The van der Waals surface area contributed by atoms with Gasteiger partial charge in [-0.1, -0.05) is 0 Å². The van der Waals surface area contributed by atoms with Crippen molar-refractivity contribution in [2.24, 2.45) is 0 Å². The molecule has 1 saturated heterocycles. The molecule has 2 N–H and O–H groups in total. The van der Waals surface area contributed by atoms with Crippen molar-refractivity contribution in [1.82, 2.24) is 15.5 Å². The van der Waals surface area contributed by atoms with Crippen molar-refractivity contribution in [2.75, 3.05) is 13.1 Å². The van der Waals surface area contributed by atoms with E-state index in [1.54, 1.807) is 4.90 Å². The summed E-state index contributed by atoms with van der Waals surface area (Å²) in [5.74, 6) is 0. The second-order valence-corrected chi connectivity index (χ2v) is 6.54. The van der Waals surface area contributed by atoms with E-state index < -0.39 is 5.60 Å². The van der Waals surface area contributed by atoms with Crippen molar-refractivity contribution >= 4 is 12.1 Å². The zero-order chi connectivity index (χ0) is 15.3. The van der Waals surface area contributed by atoms with Crippen molar-refractivity contribution in [3.8, 4) is 0 Å². The Morgan fingerprint density at radius 3 is 2.50 bits per heavy atom. The molecule has 6 heteroatoms. The Balaban J connectivity index is 2.46. The fourth-order valence-electron chi connectivity index (χ4n) is 2.08. The summed E-state index contributed by atoms with van der Waals surface area (Å²) in [6, 6.07) is -0.105. The molecule has 6 nitrogen and oxygen atoms in total. The molecule has 1 fully saturated rings. The molecule has 1 heterocycles. The molecule has 0 spiro atoms. The lowest BCUT2D eigenvalue weighted by Crippen LogP contribution is -2.53. The first-order valence-electron chi connectivity index (χ1n) is 7.22. The number of piperidine rings is 1. The maximum Gasteiger partial charge on any atom is 0.410 e. The largest absolute Gasteiger partial charge is 0.444 e. The molecule has 1 rings (SSSR count). The molecule has 1 aliphatic heterocycles. The van der Waals surface area contributed by atoms with Crippen LogP contribution in [0.1, 0.15) is 47.5 Å². The van der Waals surface area contributed by atoms with E-state index in [0.29, 0.717) is 13.1 Å². The lowest BCUT2D eigenvalue weighted by Gasteiger charge is -2.34. The summed E-state index contributed by atoms with van der Waals surface area (Å²) in [5, 5.41) is 5.69. The fraction of sp³-hybridized carbons (Fsp3) is 0.857. The summed E-state index contributed by atoms with van der Waals surface area (Å²) in [4.78, 5) is 25.3. The van der Waals surface area contributed by atoms with Crippen molar-refractivity contribution < 1.29 is 14.3 Å². The summed E-state index contributed by atoms with van der Waals surface area (Å²) < 4.78 is 5.35. The van der Waals surface area contributed by atoms with Crippen LogP contribution in [0.5, 0.6) is 0 Å². The van der Waals surface area contributed by atoms with E-state index in [1.807, 2.05) is 34.6 Å². The molecule has 0 bridgehead atoms. The van der Waals surface area contributed by atoms with Gasteiger partial charge in [-0.2, -0.15) is 0 Å².